The summed E-state index contributed by atoms with van der Waals surface area (Å²) in [5.74, 6) is -0.156. The number of anilines is 1. The molecule has 2 aromatic rings. The number of hydrogen-bond donors (Lipinski definition) is 3. The number of nitrogen functional groups attached to an aromatic ring is 1. The third-order valence-electron chi connectivity index (χ3n) is 5.36. The van der Waals surface area contributed by atoms with Crippen LogP contribution < -0.4 is 15.6 Å². The molecular formula is C20H32FN6O7PS. The summed E-state index contributed by atoms with van der Waals surface area (Å²) in [6.07, 6.45) is -2.91. The first kappa shape index (κ1) is 28.5. The number of halogens is 1. The van der Waals surface area contributed by atoms with Crippen molar-refractivity contribution in [2.24, 2.45) is 0 Å². The number of aliphatic hydroxyl groups excluding tert-OH is 1. The Balaban J connectivity index is 1.81. The van der Waals surface area contributed by atoms with Crippen LogP contribution in [0.1, 0.15) is 40.8 Å². The van der Waals surface area contributed by atoms with Crippen LogP contribution in [0.5, 0.6) is 5.88 Å². The molecular weight excluding hydrogens is 518 g/mol. The SMILES string of the molecule is CCOC(=O)[C@@H](C)N[P@@](=O)(OC[C@H]1O[C@@H](n2cnc3c(OCC)nc(N)nc32)[C@](C)(F)[C@@H]1O)SCC. The van der Waals surface area contributed by atoms with E-state index in [1.54, 1.807) is 20.8 Å². The first-order chi connectivity index (χ1) is 17.0. The summed E-state index contributed by atoms with van der Waals surface area (Å²) < 4.78 is 52.2. The van der Waals surface area contributed by atoms with Crippen molar-refractivity contribution in [3.63, 3.8) is 0 Å². The van der Waals surface area contributed by atoms with E-state index in [2.05, 4.69) is 20.0 Å². The van der Waals surface area contributed by atoms with Crippen LogP contribution >= 0.6 is 18.1 Å². The second-order valence-corrected chi connectivity index (χ2v) is 12.6. The Morgan fingerprint density at radius 2 is 2.14 bits per heavy atom. The van der Waals surface area contributed by atoms with Gasteiger partial charge in [-0.3, -0.25) is 13.9 Å². The summed E-state index contributed by atoms with van der Waals surface area (Å²) in [7, 11) is 0. The van der Waals surface area contributed by atoms with E-state index >= 15 is 4.39 Å². The van der Waals surface area contributed by atoms with Gasteiger partial charge in [-0.1, -0.05) is 18.3 Å². The molecule has 0 bridgehead atoms. The molecule has 202 valence electrons. The van der Waals surface area contributed by atoms with Gasteiger partial charge in [0.25, 0.3) is 0 Å². The lowest BCUT2D eigenvalue weighted by molar-refractivity contribution is -0.144. The molecule has 0 aliphatic carbocycles. The monoisotopic (exact) mass is 550 g/mol. The fourth-order valence-corrected chi connectivity index (χ4v) is 7.29. The lowest BCUT2D eigenvalue weighted by Gasteiger charge is -2.25. The Bertz CT molecular complexity index is 1120. The lowest BCUT2D eigenvalue weighted by atomic mass is 9.98. The predicted octanol–water partition coefficient (Wildman–Crippen LogP) is 2.21. The summed E-state index contributed by atoms with van der Waals surface area (Å²) in [6, 6.07) is -0.912. The van der Waals surface area contributed by atoms with Crippen molar-refractivity contribution in [3.05, 3.63) is 6.33 Å². The normalized spacial score (nSPS) is 26.6. The van der Waals surface area contributed by atoms with Crippen LogP contribution in [-0.4, -0.2) is 80.1 Å². The number of fused-ring (bicyclic) bond motifs is 1. The smallest absolute Gasteiger partial charge is 0.327 e. The number of rotatable bonds is 12. The fraction of sp³-hybridized carbons (Fsp3) is 0.700. The van der Waals surface area contributed by atoms with Gasteiger partial charge < -0.3 is 29.6 Å². The maximum Gasteiger partial charge on any atom is 0.327 e. The lowest BCUT2D eigenvalue weighted by Crippen LogP contribution is -2.41. The van der Waals surface area contributed by atoms with Crippen molar-refractivity contribution < 1.29 is 37.6 Å². The zero-order chi connectivity index (χ0) is 26.7. The zero-order valence-electron chi connectivity index (χ0n) is 20.7. The number of carbonyl (C=O) groups is 1. The molecule has 0 saturated carbocycles. The maximum absolute atomic E-state index is 15.8. The second-order valence-electron chi connectivity index (χ2n) is 8.08. The van der Waals surface area contributed by atoms with E-state index in [1.807, 2.05) is 0 Å². The minimum absolute atomic E-state index is 0.106. The zero-order valence-corrected chi connectivity index (χ0v) is 22.4. The molecule has 0 unspecified atom stereocenters. The van der Waals surface area contributed by atoms with Crippen LogP contribution in [0.3, 0.4) is 0 Å². The summed E-state index contributed by atoms with van der Waals surface area (Å²) in [6.45, 7) is 4.27. The third kappa shape index (κ3) is 5.92. The molecule has 0 spiro atoms. The van der Waals surface area contributed by atoms with Gasteiger partial charge >= 0.3 is 12.7 Å². The van der Waals surface area contributed by atoms with Crippen LogP contribution in [0.25, 0.3) is 11.2 Å². The number of imidazole rings is 1. The largest absolute Gasteiger partial charge is 0.476 e. The summed E-state index contributed by atoms with van der Waals surface area (Å²) in [5.41, 5.74) is 3.89. The van der Waals surface area contributed by atoms with E-state index in [0.717, 1.165) is 11.4 Å². The molecule has 3 heterocycles. The number of hydrogen-bond acceptors (Lipinski definition) is 12. The topological polar surface area (TPSA) is 173 Å². The molecule has 0 radical (unpaired) electrons. The quantitative estimate of drug-likeness (QED) is 0.260. The standard InChI is InChI=1S/C20H32FN6O7PS/c1-6-31-16-13-15(24-19(22)25-16)27(10-23-13)18-20(5,21)14(28)12(34-18)9-33-35(30,36-8-3)26-11(4)17(29)32-7-2/h10-12,14,18,28H,6-9H2,1-5H3,(H,26,30)(H2,22,24,25)/t11-,12-,14-,18-,20-,35-/m1/s1. The van der Waals surface area contributed by atoms with E-state index < -0.39 is 49.4 Å². The number of ether oxygens (including phenoxy) is 3. The summed E-state index contributed by atoms with van der Waals surface area (Å²) in [5, 5.41) is 13.4. The summed E-state index contributed by atoms with van der Waals surface area (Å²) in [4.78, 5) is 24.3. The van der Waals surface area contributed by atoms with Gasteiger partial charge in [0.1, 0.15) is 18.2 Å². The van der Waals surface area contributed by atoms with Gasteiger partial charge in [-0.05, 0) is 27.7 Å². The Morgan fingerprint density at radius 1 is 1.42 bits per heavy atom. The van der Waals surface area contributed by atoms with Gasteiger partial charge in [0.2, 0.25) is 11.8 Å². The Labute approximate surface area is 211 Å². The van der Waals surface area contributed by atoms with E-state index in [-0.39, 0.29) is 29.6 Å². The van der Waals surface area contributed by atoms with Gasteiger partial charge in [0.15, 0.2) is 23.1 Å². The number of aromatic nitrogens is 4. The van der Waals surface area contributed by atoms with E-state index in [0.29, 0.717) is 12.4 Å². The highest BCUT2D eigenvalue weighted by Gasteiger charge is 2.56. The van der Waals surface area contributed by atoms with Crippen molar-refractivity contribution >= 4 is 41.2 Å². The van der Waals surface area contributed by atoms with E-state index in [4.69, 9.17) is 24.5 Å². The van der Waals surface area contributed by atoms with Gasteiger partial charge in [-0.2, -0.15) is 9.97 Å². The average Bonchev–Trinajstić information content (AvgIpc) is 3.31. The van der Waals surface area contributed by atoms with Crippen LogP contribution in [0.4, 0.5) is 10.3 Å². The molecule has 2 aromatic heterocycles. The fourth-order valence-electron chi connectivity index (χ4n) is 3.68. The van der Waals surface area contributed by atoms with Crippen molar-refractivity contribution in [1.29, 1.82) is 0 Å². The molecule has 6 atom stereocenters. The predicted molar refractivity (Wildman–Crippen MR) is 131 cm³/mol. The minimum atomic E-state index is -3.63. The van der Waals surface area contributed by atoms with Crippen LogP contribution in [0.2, 0.25) is 0 Å². The molecule has 1 fully saturated rings. The van der Waals surface area contributed by atoms with E-state index in [1.165, 1.54) is 24.7 Å². The number of carbonyl (C=O) groups excluding carboxylic acids is 1. The molecule has 4 N–H and O–H groups in total. The van der Waals surface area contributed by atoms with Gasteiger partial charge in [0, 0.05) is 5.75 Å². The molecule has 36 heavy (non-hydrogen) atoms. The van der Waals surface area contributed by atoms with Crippen LogP contribution in [0.15, 0.2) is 6.33 Å². The van der Waals surface area contributed by atoms with Gasteiger partial charge in [-0.25, -0.2) is 14.5 Å². The molecule has 1 aliphatic rings. The number of nitrogens with zero attached hydrogens (tertiary/aromatic N) is 4. The molecule has 13 nitrogen and oxygen atoms in total. The Kier molecular flexibility index (Phi) is 9.17. The molecule has 0 amide bonds. The number of nitrogens with one attached hydrogen (secondary N) is 1. The van der Waals surface area contributed by atoms with Crippen molar-refractivity contribution in [3.8, 4) is 5.88 Å². The van der Waals surface area contributed by atoms with Crippen molar-refractivity contribution in [1.82, 2.24) is 24.6 Å². The van der Waals surface area contributed by atoms with Crippen molar-refractivity contribution in [2.75, 3.05) is 31.3 Å². The Morgan fingerprint density at radius 3 is 2.78 bits per heavy atom. The first-order valence-corrected chi connectivity index (χ1v) is 14.7. The molecule has 1 aliphatic heterocycles. The molecule has 3 rings (SSSR count). The maximum atomic E-state index is 15.8. The number of esters is 1. The second kappa shape index (κ2) is 11.6. The van der Waals surface area contributed by atoms with Crippen molar-refractivity contribution in [2.45, 2.75) is 64.8 Å². The minimum Gasteiger partial charge on any atom is -0.476 e. The van der Waals surface area contributed by atoms with Crippen LogP contribution in [-0.2, 0) is 23.4 Å². The number of aliphatic hydroxyl groups is 1. The highest BCUT2D eigenvalue weighted by Crippen LogP contribution is 2.57. The van der Waals surface area contributed by atoms with Gasteiger partial charge in [-0.15, -0.1) is 0 Å². The summed E-state index contributed by atoms with van der Waals surface area (Å²) >= 11 is 0.959. The third-order valence-corrected chi connectivity index (χ3v) is 9.57. The first-order valence-electron chi connectivity index (χ1n) is 11.5. The highest BCUT2D eigenvalue weighted by molar-refractivity contribution is 8.56. The molecule has 16 heteroatoms. The number of nitrogens with two attached hydrogens (primary N) is 1. The average molecular weight is 551 g/mol. The molecule has 0 aromatic carbocycles. The highest BCUT2D eigenvalue weighted by atomic mass is 32.7. The van der Waals surface area contributed by atoms with Crippen LogP contribution in [0, 0.1) is 0 Å². The van der Waals surface area contributed by atoms with E-state index in [9.17, 15) is 14.5 Å². The molecule has 1 saturated heterocycles. The van der Waals surface area contributed by atoms with Gasteiger partial charge in [0.05, 0.1) is 26.1 Å². The number of alkyl halides is 1. The Hall–Kier alpha value is -2.03.